The Kier molecular flexibility index (Phi) is 4.27. The van der Waals surface area contributed by atoms with Crippen molar-refractivity contribution in [3.63, 3.8) is 0 Å². The molecule has 0 radical (unpaired) electrons. The number of carbonyl (C=O) groups is 2. The Morgan fingerprint density at radius 2 is 2.05 bits per heavy atom. The van der Waals surface area contributed by atoms with Gasteiger partial charge in [-0.15, -0.1) is 0 Å². The Labute approximate surface area is 118 Å². The molecule has 3 atom stereocenters. The van der Waals surface area contributed by atoms with Crippen LogP contribution in [0.3, 0.4) is 0 Å². The van der Waals surface area contributed by atoms with Crippen LogP contribution in [0.25, 0.3) is 0 Å². The van der Waals surface area contributed by atoms with Crippen LogP contribution in [0.2, 0.25) is 0 Å². The molecule has 1 aliphatic heterocycles. The summed E-state index contributed by atoms with van der Waals surface area (Å²) < 4.78 is 0. The largest absolute Gasteiger partial charge is 0.481 e. The number of nitrogens with one attached hydrogen (secondary N) is 2. The van der Waals surface area contributed by atoms with E-state index in [9.17, 15) is 9.59 Å². The normalized spacial score (nSPS) is 20.2. The Balaban J connectivity index is 2.09. The van der Waals surface area contributed by atoms with E-state index in [2.05, 4.69) is 10.6 Å². The summed E-state index contributed by atoms with van der Waals surface area (Å²) in [5.41, 5.74) is 1.96. The third-order valence-corrected chi connectivity index (χ3v) is 3.91. The lowest BCUT2D eigenvalue weighted by atomic mass is 9.89. The first-order valence-corrected chi connectivity index (χ1v) is 6.86. The molecule has 2 rings (SSSR count). The molecule has 0 aliphatic carbocycles. The van der Waals surface area contributed by atoms with E-state index in [0.717, 1.165) is 24.2 Å². The number of fused-ring (bicyclic) bond motifs is 1. The minimum Gasteiger partial charge on any atom is -0.481 e. The van der Waals surface area contributed by atoms with Gasteiger partial charge in [-0.2, -0.15) is 0 Å². The van der Waals surface area contributed by atoms with Gasteiger partial charge in [0.2, 0.25) is 5.91 Å². The van der Waals surface area contributed by atoms with Crippen molar-refractivity contribution in [2.75, 3.05) is 11.9 Å². The van der Waals surface area contributed by atoms with Gasteiger partial charge in [-0.05, 0) is 31.9 Å². The van der Waals surface area contributed by atoms with E-state index in [1.165, 1.54) is 0 Å². The van der Waals surface area contributed by atoms with E-state index < -0.39 is 11.9 Å². The summed E-state index contributed by atoms with van der Waals surface area (Å²) in [5, 5.41) is 15.1. The van der Waals surface area contributed by atoms with Crippen LogP contribution in [0, 0.1) is 5.92 Å². The molecule has 1 aromatic rings. The van der Waals surface area contributed by atoms with Crippen LogP contribution in [0.5, 0.6) is 0 Å². The van der Waals surface area contributed by atoms with Crippen LogP contribution in [-0.2, 0) is 9.59 Å². The van der Waals surface area contributed by atoms with Crippen molar-refractivity contribution < 1.29 is 14.7 Å². The van der Waals surface area contributed by atoms with E-state index in [4.69, 9.17) is 5.11 Å². The highest BCUT2D eigenvalue weighted by molar-refractivity contribution is 5.87. The number of benzene rings is 1. The molecule has 3 unspecified atom stereocenters. The van der Waals surface area contributed by atoms with Gasteiger partial charge in [0.05, 0.1) is 11.8 Å². The van der Waals surface area contributed by atoms with E-state index in [1.807, 2.05) is 24.3 Å². The highest BCUT2D eigenvalue weighted by Crippen LogP contribution is 2.31. The maximum Gasteiger partial charge on any atom is 0.308 e. The molecular formula is C15H20N2O3. The third-order valence-electron chi connectivity index (χ3n) is 3.91. The number of aliphatic carboxylic acids is 1. The molecule has 5 heteroatoms. The quantitative estimate of drug-likeness (QED) is 0.783. The average Bonchev–Trinajstić information content (AvgIpc) is 2.45. The second kappa shape index (κ2) is 5.94. The monoisotopic (exact) mass is 276 g/mol. The van der Waals surface area contributed by atoms with E-state index in [-0.39, 0.29) is 17.9 Å². The lowest BCUT2D eigenvalue weighted by Gasteiger charge is -2.28. The van der Waals surface area contributed by atoms with Gasteiger partial charge < -0.3 is 15.7 Å². The van der Waals surface area contributed by atoms with E-state index >= 15 is 0 Å². The van der Waals surface area contributed by atoms with Crippen molar-refractivity contribution in [3.05, 3.63) is 29.8 Å². The summed E-state index contributed by atoms with van der Waals surface area (Å²) in [4.78, 5) is 23.3. The van der Waals surface area contributed by atoms with Gasteiger partial charge in [0, 0.05) is 18.3 Å². The smallest absolute Gasteiger partial charge is 0.308 e. The molecule has 20 heavy (non-hydrogen) atoms. The van der Waals surface area contributed by atoms with Crippen LogP contribution in [0.4, 0.5) is 5.69 Å². The number of carboxylic acid groups (broad SMARTS) is 1. The van der Waals surface area contributed by atoms with Crippen molar-refractivity contribution in [1.82, 2.24) is 5.32 Å². The molecule has 0 fully saturated rings. The SMILES string of the molecule is CC(NC(=O)C1CCNc2ccccc21)C(C)C(=O)O. The lowest BCUT2D eigenvalue weighted by Crippen LogP contribution is -2.43. The number of anilines is 1. The predicted molar refractivity (Wildman–Crippen MR) is 76.7 cm³/mol. The summed E-state index contributed by atoms with van der Waals surface area (Å²) in [6.07, 6.45) is 0.719. The number of amides is 1. The van der Waals surface area contributed by atoms with E-state index in [1.54, 1.807) is 13.8 Å². The Hall–Kier alpha value is -2.04. The zero-order chi connectivity index (χ0) is 14.7. The molecule has 1 amide bonds. The van der Waals surface area contributed by atoms with Crippen molar-refractivity contribution in [2.45, 2.75) is 32.2 Å². The fourth-order valence-corrected chi connectivity index (χ4v) is 2.40. The van der Waals surface area contributed by atoms with Crippen LogP contribution in [0.15, 0.2) is 24.3 Å². The minimum atomic E-state index is -0.900. The molecule has 0 aromatic heterocycles. The van der Waals surface area contributed by atoms with E-state index in [0.29, 0.717) is 0 Å². The molecule has 1 aliphatic rings. The van der Waals surface area contributed by atoms with Gasteiger partial charge in [-0.3, -0.25) is 9.59 Å². The van der Waals surface area contributed by atoms with Gasteiger partial charge in [0.25, 0.3) is 0 Å². The summed E-state index contributed by atoms with van der Waals surface area (Å²) in [5.74, 6) is -1.81. The molecule has 0 bridgehead atoms. The average molecular weight is 276 g/mol. The molecule has 0 spiro atoms. The zero-order valence-electron chi connectivity index (χ0n) is 11.7. The number of carboxylic acids is 1. The highest BCUT2D eigenvalue weighted by Gasteiger charge is 2.29. The number of para-hydroxylation sites is 1. The van der Waals surface area contributed by atoms with Crippen molar-refractivity contribution in [3.8, 4) is 0 Å². The van der Waals surface area contributed by atoms with Gasteiger partial charge in [0.15, 0.2) is 0 Å². The molecule has 108 valence electrons. The molecule has 0 saturated carbocycles. The molecule has 3 N–H and O–H groups in total. The summed E-state index contributed by atoms with van der Waals surface area (Å²) >= 11 is 0. The van der Waals surface area contributed by atoms with Crippen LogP contribution < -0.4 is 10.6 Å². The summed E-state index contributed by atoms with van der Waals surface area (Å²) in [6.45, 7) is 4.07. The molecule has 5 nitrogen and oxygen atoms in total. The van der Waals surface area contributed by atoms with Gasteiger partial charge in [0.1, 0.15) is 0 Å². The first-order chi connectivity index (χ1) is 9.50. The topological polar surface area (TPSA) is 78.4 Å². The van der Waals surface area contributed by atoms with Crippen molar-refractivity contribution >= 4 is 17.6 Å². The standard InChI is InChI=1S/C15H20N2O3/c1-9(15(19)20)10(2)17-14(18)12-7-8-16-13-6-4-3-5-11(12)13/h3-6,9-10,12,16H,7-8H2,1-2H3,(H,17,18)(H,19,20). The van der Waals surface area contributed by atoms with Crippen LogP contribution >= 0.6 is 0 Å². The first kappa shape index (κ1) is 14.4. The second-order valence-corrected chi connectivity index (χ2v) is 5.28. The molecule has 1 aromatic carbocycles. The second-order valence-electron chi connectivity index (χ2n) is 5.28. The number of hydrogen-bond acceptors (Lipinski definition) is 3. The van der Waals surface area contributed by atoms with Crippen LogP contribution in [-0.4, -0.2) is 29.6 Å². The molecular weight excluding hydrogens is 256 g/mol. The number of rotatable bonds is 4. The summed E-state index contributed by atoms with van der Waals surface area (Å²) in [7, 11) is 0. The Morgan fingerprint density at radius 3 is 2.75 bits per heavy atom. The minimum absolute atomic E-state index is 0.0976. The zero-order valence-corrected chi connectivity index (χ0v) is 11.7. The molecule has 0 saturated heterocycles. The maximum absolute atomic E-state index is 12.4. The van der Waals surface area contributed by atoms with Gasteiger partial charge >= 0.3 is 5.97 Å². The Morgan fingerprint density at radius 1 is 1.35 bits per heavy atom. The van der Waals surface area contributed by atoms with Crippen molar-refractivity contribution in [2.24, 2.45) is 5.92 Å². The van der Waals surface area contributed by atoms with Gasteiger partial charge in [-0.25, -0.2) is 0 Å². The highest BCUT2D eigenvalue weighted by atomic mass is 16.4. The summed E-state index contributed by atoms with van der Waals surface area (Å²) in [6, 6.07) is 7.35. The lowest BCUT2D eigenvalue weighted by molar-refractivity contribution is -0.142. The predicted octanol–water partition coefficient (Wildman–Crippen LogP) is 1.81. The molecule has 1 heterocycles. The van der Waals surface area contributed by atoms with Crippen molar-refractivity contribution in [1.29, 1.82) is 0 Å². The number of hydrogen-bond donors (Lipinski definition) is 3. The first-order valence-electron chi connectivity index (χ1n) is 6.86. The fraction of sp³-hybridized carbons (Fsp3) is 0.467. The maximum atomic E-state index is 12.4. The number of carbonyl (C=O) groups excluding carboxylic acids is 1. The Bertz CT molecular complexity index is 516. The third kappa shape index (κ3) is 2.92. The van der Waals surface area contributed by atoms with Gasteiger partial charge in [-0.1, -0.05) is 18.2 Å². The van der Waals surface area contributed by atoms with Crippen LogP contribution in [0.1, 0.15) is 31.7 Å². The fourth-order valence-electron chi connectivity index (χ4n) is 2.40.